The van der Waals surface area contributed by atoms with Crippen molar-refractivity contribution in [2.75, 3.05) is 18.0 Å². The summed E-state index contributed by atoms with van der Waals surface area (Å²) >= 11 is 0. The van der Waals surface area contributed by atoms with Crippen LogP contribution in [0.2, 0.25) is 0 Å². The molecule has 3 aromatic heterocycles. The van der Waals surface area contributed by atoms with Crippen molar-refractivity contribution in [2.24, 2.45) is 5.92 Å². The zero-order valence-corrected chi connectivity index (χ0v) is 22.5. The maximum Gasteiger partial charge on any atom is 0.418 e. The van der Waals surface area contributed by atoms with E-state index in [1.165, 1.54) is 29.2 Å². The van der Waals surface area contributed by atoms with Crippen LogP contribution in [0.15, 0.2) is 30.9 Å². The number of halogens is 3. The van der Waals surface area contributed by atoms with E-state index in [4.69, 9.17) is 4.74 Å². The number of fused-ring (bicyclic) bond motifs is 1. The third-order valence-electron chi connectivity index (χ3n) is 7.42. The summed E-state index contributed by atoms with van der Waals surface area (Å²) in [4.78, 5) is 29.6. The molecule has 1 aliphatic heterocycles. The van der Waals surface area contributed by atoms with Crippen molar-refractivity contribution in [2.45, 2.75) is 70.8 Å². The van der Waals surface area contributed by atoms with Gasteiger partial charge in [-0.15, -0.1) is 0 Å². The summed E-state index contributed by atoms with van der Waals surface area (Å²) in [5.41, 5.74) is -1.94. The van der Waals surface area contributed by atoms with Crippen molar-refractivity contribution < 1.29 is 22.7 Å². The molecule has 1 saturated heterocycles. The van der Waals surface area contributed by atoms with Gasteiger partial charge in [-0.25, -0.2) is 19.7 Å². The fraction of sp³-hybridized carbons (Fsp3) is 0.519. The molecule has 0 unspecified atom stereocenters. The molecule has 0 bridgehead atoms. The Morgan fingerprint density at radius 2 is 1.92 bits per heavy atom. The SMILES string of the molecule is C[C@H]1CN(C(=O)OC(C)(C)C)[C@](C)(C2CC2)CN1c1ncnc2c1c(C(F)(F)F)cn2-c1cc(C#N)ccn1. The quantitative estimate of drug-likeness (QED) is 0.442. The highest BCUT2D eigenvalue weighted by Crippen LogP contribution is 2.48. The molecular formula is C27H30F3N7O2. The summed E-state index contributed by atoms with van der Waals surface area (Å²) in [7, 11) is 0. The maximum absolute atomic E-state index is 14.4. The van der Waals surface area contributed by atoms with Crippen molar-refractivity contribution >= 4 is 22.9 Å². The average Bonchev–Trinajstić information content (AvgIpc) is 3.64. The molecular weight excluding hydrogens is 511 g/mol. The van der Waals surface area contributed by atoms with Crippen LogP contribution in [0.1, 0.15) is 58.6 Å². The number of anilines is 1. The van der Waals surface area contributed by atoms with Crippen LogP contribution in [0.5, 0.6) is 0 Å². The van der Waals surface area contributed by atoms with E-state index in [0.29, 0.717) is 0 Å². The third kappa shape index (κ3) is 4.86. The largest absolute Gasteiger partial charge is 0.444 e. The lowest BCUT2D eigenvalue weighted by molar-refractivity contribution is -0.136. The molecule has 4 heterocycles. The second kappa shape index (κ2) is 9.10. The van der Waals surface area contributed by atoms with Gasteiger partial charge >= 0.3 is 12.3 Å². The van der Waals surface area contributed by atoms with E-state index >= 15 is 0 Å². The number of ether oxygens (including phenoxy) is 1. The maximum atomic E-state index is 14.4. The number of nitriles is 1. The minimum Gasteiger partial charge on any atom is -0.444 e. The molecule has 5 rings (SSSR count). The van der Waals surface area contributed by atoms with Crippen LogP contribution >= 0.6 is 0 Å². The number of nitrogens with zero attached hydrogens (tertiary/aromatic N) is 7. The average molecular weight is 542 g/mol. The van der Waals surface area contributed by atoms with Crippen molar-refractivity contribution in [3.8, 4) is 11.9 Å². The molecule has 206 valence electrons. The smallest absolute Gasteiger partial charge is 0.418 e. The van der Waals surface area contributed by atoms with Gasteiger partial charge in [0.15, 0.2) is 5.65 Å². The minimum absolute atomic E-state index is 0.0322. The van der Waals surface area contributed by atoms with E-state index in [1.807, 2.05) is 24.8 Å². The van der Waals surface area contributed by atoms with Crippen LogP contribution in [-0.4, -0.2) is 60.8 Å². The Hall–Kier alpha value is -3.88. The monoisotopic (exact) mass is 541 g/mol. The Bertz CT molecular complexity index is 1470. The zero-order chi connectivity index (χ0) is 28.3. The van der Waals surface area contributed by atoms with Gasteiger partial charge in [-0.1, -0.05) is 0 Å². The molecule has 0 N–H and O–H groups in total. The van der Waals surface area contributed by atoms with E-state index in [2.05, 4.69) is 15.0 Å². The van der Waals surface area contributed by atoms with E-state index < -0.39 is 29.0 Å². The number of carbonyl (C=O) groups excluding carboxylic acids is 1. The second-order valence-corrected chi connectivity index (χ2v) is 11.5. The number of alkyl halides is 3. The number of pyridine rings is 1. The Morgan fingerprint density at radius 1 is 1.21 bits per heavy atom. The molecule has 1 saturated carbocycles. The molecule has 2 fully saturated rings. The van der Waals surface area contributed by atoms with Crippen LogP contribution in [0, 0.1) is 17.2 Å². The van der Waals surface area contributed by atoms with Crippen LogP contribution in [0.3, 0.4) is 0 Å². The first-order valence-electron chi connectivity index (χ1n) is 12.8. The summed E-state index contributed by atoms with van der Waals surface area (Å²) in [5, 5.41) is 9.14. The lowest BCUT2D eigenvalue weighted by atomic mass is 9.88. The summed E-state index contributed by atoms with van der Waals surface area (Å²) in [6, 6.07) is 4.52. The normalized spacial score (nSPS) is 22.2. The van der Waals surface area contributed by atoms with E-state index in [9.17, 15) is 23.2 Å². The number of hydrogen-bond acceptors (Lipinski definition) is 7. The van der Waals surface area contributed by atoms with Crippen molar-refractivity contribution in [1.29, 1.82) is 5.26 Å². The fourth-order valence-electron chi connectivity index (χ4n) is 5.37. The Kier molecular flexibility index (Phi) is 6.24. The highest BCUT2D eigenvalue weighted by molar-refractivity contribution is 5.93. The standard InChI is InChI=1S/C27H30F3N7O2/c1-16-12-37(24(38)39-25(2,3)4)26(5,18-6-7-18)14-36(16)23-21-19(27(28,29)30)13-35(22(21)33-15-34-23)20-10-17(11-31)8-9-32-20/h8-10,13,15-16,18H,6-7,12,14H2,1-5H3/t16-,26-/m0/s1. The predicted molar refractivity (Wildman–Crippen MR) is 137 cm³/mol. The lowest BCUT2D eigenvalue weighted by Crippen LogP contribution is -2.67. The Morgan fingerprint density at radius 3 is 2.54 bits per heavy atom. The summed E-state index contributed by atoms with van der Waals surface area (Å²) in [6.45, 7) is 9.80. The van der Waals surface area contributed by atoms with Gasteiger partial charge in [0.2, 0.25) is 0 Å². The number of piperazine rings is 1. The number of hydrogen-bond donors (Lipinski definition) is 0. The molecule has 0 radical (unpaired) electrons. The predicted octanol–water partition coefficient (Wildman–Crippen LogP) is 5.32. The highest BCUT2D eigenvalue weighted by Gasteiger charge is 2.53. The zero-order valence-electron chi connectivity index (χ0n) is 22.5. The lowest BCUT2D eigenvalue weighted by Gasteiger charge is -2.52. The van der Waals surface area contributed by atoms with Crippen LogP contribution in [0.25, 0.3) is 16.9 Å². The topological polar surface area (TPSA) is 100 Å². The first-order chi connectivity index (χ1) is 18.2. The number of aromatic nitrogens is 4. The van der Waals surface area contributed by atoms with Crippen LogP contribution in [0.4, 0.5) is 23.8 Å². The van der Waals surface area contributed by atoms with Gasteiger partial charge in [-0.2, -0.15) is 18.4 Å². The molecule has 39 heavy (non-hydrogen) atoms. The van der Waals surface area contributed by atoms with Gasteiger partial charge in [0.1, 0.15) is 23.6 Å². The van der Waals surface area contributed by atoms with Gasteiger partial charge < -0.3 is 9.64 Å². The number of amides is 1. The summed E-state index contributed by atoms with van der Waals surface area (Å²) in [5.74, 6) is 0.484. The Labute approximate surface area is 224 Å². The number of rotatable bonds is 3. The molecule has 0 spiro atoms. The van der Waals surface area contributed by atoms with Gasteiger partial charge in [-0.3, -0.25) is 9.47 Å². The van der Waals surface area contributed by atoms with Gasteiger partial charge in [0, 0.05) is 31.5 Å². The first kappa shape index (κ1) is 26.7. The minimum atomic E-state index is -4.70. The summed E-state index contributed by atoms with van der Waals surface area (Å²) in [6.07, 6.45) is 0.273. The van der Waals surface area contributed by atoms with Crippen molar-refractivity contribution in [3.05, 3.63) is 42.0 Å². The molecule has 1 aliphatic carbocycles. The molecule has 1 amide bonds. The van der Waals surface area contributed by atoms with Crippen LogP contribution < -0.4 is 4.90 Å². The summed E-state index contributed by atoms with van der Waals surface area (Å²) < 4.78 is 50.2. The van der Waals surface area contributed by atoms with E-state index in [0.717, 1.165) is 19.0 Å². The first-order valence-corrected chi connectivity index (χ1v) is 12.8. The molecule has 2 aliphatic rings. The molecule has 0 aromatic carbocycles. The van der Waals surface area contributed by atoms with Crippen molar-refractivity contribution in [3.63, 3.8) is 0 Å². The highest BCUT2D eigenvalue weighted by atomic mass is 19.4. The van der Waals surface area contributed by atoms with E-state index in [-0.39, 0.29) is 53.3 Å². The van der Waals surface area contributed by atoms with Crippen molar-refractivity contribution in [1.82, 2.24) is 24.4 Å². The van der Waals surface area contributed by atoms with Gasteiger partial charge in [0.05, 0.1) is 28.1 Å². The van der Waals surface area contributed by atoms with Gasteiger partial charge in [0.25, 0.3) is 0 Å². The second-order valence-electron chi connectivity index (χ2n) is 11.5. The molecule has 3 aromatic rings. The number of carbonyl (C=O) groups is 1. The third-order valence-corrected chi connectivity index (χ3v) is 7.42. The molecule has 9 nitrogen and oxygen atoms in total. The molecule has 12 heteroatoms. The van der Waals surface area contributed by atoms with E-state index in [1.54, 1.807) is 25.7 Å². The molecule has 2 atom stereocenters. The van der Waals surface area contributed by atoms with Gasteiger partial charge in [-0.05, 0) is 65.5 Å². The van der Waals surface area contributed by atoms with Crippen LogP contribution in [-0.2, 0) is 10.9 Å². The fourth-order valence-corrected chi connectivity index (χ4v) is 5.37. The Balaban J connectivity index is 1.63.